The summed E-state index contributed by atoms with van der Waals surface area (Å²) in [6.45, 7) is 8.21. The van der Waals surface area contributed by atoms with Gasteiger partial charge in [-0.25, -0.2) is 0 Å². The SMILES string of the molecule is Cn1ccc(CCNC2CCCCC2C(C)(C)C)n1. The van der Waals surface area contributed by atoms with Crippen molar-refractivity contribution in [1.29, 1.82) is 0 Å². The highest BCUT2D eigenvalue weighted by Crippen LogP contribution is 2.37. The zero-order chi connectivity index (χ0) is 13.9. The second kappa shape index (κ2) is 6.08. The van der Waals surface area contributed by atoms with Crippen LogP contribution in [0.15, 0.2) is 12.3 Å². The normalized spacial score (nSPS) is 24.6. The summed E-state index contributed by atoms with van der Waals surface area (Å²) in [6, 6.07) is 2.81. The molecule has 2 unspecified atom stereocenters. The van der Waals surface area contributed by atoms with Crippen molar-refractivity contribution in [2.45, 2.75) is 58.9 Å². The Morgan fingerprint density at radius 3 is 2.68 bits per heavy atom. The Kier molecular flexibility index (Phi) is 4.67. The summed E-state index contributed by atoms with van der Waals surface area (Å²) in [5.41, 5.74) is 1.61. The molecular formula is C16H29N3. The van der Waals surface area contributed by atoms with Gasteiger partial charge in [-0.1, -0.05) is 33.6 Å². The van der Waals surface area contributed by atoms with Crippen LogP contribution in [0.1, 0.15) is 52.1 Å². The van der Waals surface area contributed by atoms with Gasteiger partial charge >= 0.3 is 0 Å². The summed E-state index contributed by atoms with van der Waals surface area (Å²) >= 11 is 0. The molecule has 1 aromatic rings. The van der Waals surface area contributed by atoms with Gasteiger partial charge in [-0.05, 0) is 30.2 Å². The van der Waals surface area contributed by atoms with Crippen molar-refractivity contribution in [3.05, 3.63) is 18.0 Å². The molecule has 2 rings (SSSR count). The molecule has 108 valence electrons. The van der Waals surface area contributed by atoms with E-state index in [1.54, 1.807) is 0 Å². The van der Waals surface area contributed by atoms with E-state index in [1.807, 2.05) is 17.9 Å². The van der Waals surface area contributed by atoms with Gasteiger partial charge in [0, 0.05) is 32.3 Å². The van der Waals surface area contributed by atoms with Crippen LogP contribution < -0.4 is 5.32 Å². The van der Waals surface area contributed by atoms with Crippen molar-refractivity contribution in [3.8, 4) is 0 Å². The second-order valence-corrected chi connectivity index (χ2v) is 7.05. The first-order valence-electron chi connectivity index (χ1n) is 7.69. The summed E-state index contributed by atoms with van der Waals surface area (Å²) in [5.74, 6) is 0.810. The lowest BCUT2D eigenvalue weighted by Gasteiger charge is -2.41. The monoisotopic (exact) mass is 263 g/mol. The van der Waals surface area contributed by atoms with E-state index in [0.717, 1.165) is 18.9 Å². The lowest BCUT2D eigenvalue weighted by atomic mass is 9.69. The summed E-state index contributed by atoms with van der Waals surface area (Å²) in [7, 11) is 1.98. The number of hydrogen-bond donors (Lipinski definition) is 1. The molecule has 1 fully saturated rings. The molecule has 1 aromatic heterocycles. The molecule has 0 spiro atoms. The van der Waals surface area contributed by atoms with Gasteiger partial charge in [0.2, 0.25) is 0 Å². The van der Waals surface area contributed by atoms with Crippen LogP contribution in [-0.2, 0) is 13.5 Å². The molecule has 19 heavy (non-hydrogen) atoms. The summed E-state index contributed by atoms with van der Waals surface area (Å²) in [4.78, 5) is 0. The third kappa shape index (κ3) is 4.07. The first kappa shape index (κ1) is 14.6. The molecule has 1 aliphatic rings. The quantitative estimate of drug-likeness (QED) is 0.904. The van der Waals surface area contributed by atoms with E-state index in [2.05, 4.69) is 37.3 Å². The fourth-order valence-corrected chi connectivity index (χ4v) is 3.39. The molecule has 0 radical (unpaired) electrons. The van der Waals surface area contributed by atoms with E-state index >= 15 is 0 Å². The van der Waals surface area contributed by atoms with Crippen molar-refractivity contribution in [1.82, 2.24) is 15.1 Å². The molecule has 0 bridgehead atoms. The summed E-state index contributed by atoms with van der Waals surface area (Å²) in [5, 5.41) is 8.22. The predicted octanol–water partition coefficient (Wildman–Crippen LogP) is 3.16. The third-order valence-corrected chi connectivity index (χ3v) is 4.43. The van der Waals surface area contributed by atoms with Gasteiger partial charge in [0.15, 0.2) is 0 Å². The van der Waals surface area contributed by atoms with E-state index in [9.17, 15) is 0 Å². The summed E-state index contributed by atoms with van der Waals surface area (Å²) < 4.78 is 1.88. The molecule has 3 heteroatoms. The van der Waals surface area contributed by atoms with Gasteiger partial charge in [0.05, 0.1) is 5.69 Å². The number of aromatic nitrogens is 2. The standard InChI is InChI=1S/C16H29N3/c1-16(2,3)14-7-5-6-8-15(14)17-11-9-13-10-12-19(4)18-13/h10,12,14-15,17H,5-9,11H2,1-4H3. The maximum absolute atomic E-state index is 4.44. The smallest absolute Gasteiger partial charge is 0.0637 e. The van der Waals surface area contributed by atoms with Crippen molar-refractivity contribution in [2.24, 2.45) is 18.4 Å². The fourth-order valence-electron chi connectivity index (χ4n) is 3.39. The van der Waals surface area contributed by atoms with Crippen molar-refractivity contribution < 1.29 is 0 Å². The molecule has 3 nitrogen and oxygen atoms in total. The molecule has 0 aliphatic heterocycles. The maximum atomic E-state index is 4.44. The molecule has 0 amide bonds. The second-order valence-electron chi connectivity index (χ2n) is 7.05. The highest BCUT2D eigenvalue weighted by Gasteiger charge is 2.33. The summed E-state index contributed by atoms with van der Waals surface area (Å²) in [6.07, 6.45) is 8.56. The highest BCUT2D eigenvalue weighted by atomic mass is 15.2. The Hall–Kier alpha value is -0.830. The van der Waals surface area contributed by atoms with Crippen molar-refractivity contribution in [3.63, 3.8) is 0 Å². The maximum Gasteiger partial charge on any atom is 0.0637 e. The zero-order valence-electron chi connectivity index (χ0n) is 12.9. The van der Waals surface area contributed by atoms with Gasteiger partial charge in [0.1, 0.15) is 0 Å². The first-order chi connectivity index (χ1) is 8.97. The first-order valence-corrected chi connectivity index (χ1v) is 7.69. The van der Waals surface area contributed by atoms with Gasteiger partial charge < -0.3 is 5.32 Å². The Bertz CT molecular complexity index is 389. The molecule has 0 saturated heterocycles. The van der Waals surface area contributed by atoms with Gasteiger partial charge in [-0.3, -0.25) is 4.68 Å². The van der Waals surface area contributed by atoms with Crippen molar-refractivity contribution in [2.75, 3.05) is 6.54 Å². The van der Waals surface area contributed by atoms with Gasteiger partial charge in [-0.15, -0.1) is 0 Å². The third-order valence-electron chi connectivity index (χ3n) is 4.43. The lowest BCUT2D eigenvalue weighted by molar-refractivity contribution is 0.131. The van der Waals surface area contributed by atoms with Crippen LogP contribution in [0, 0.1) is 11.3 Å². The van der Waals surface area contributed by atoms with Crippen LogP contribution in [0.3, 0.4) is 0 Å². The minimum atomic E-state index is 0.420. The molecule has 1 N–H and O–H groups in total. The molecule has 0 aromatic carbocycles. The Morgan fingerprint density at radius 1 is 1.32 bits per heavy atom. The Balaban J connectivity index is 1.83. The van der Waals surface area contributed by atoms with Crippen molar-refractivity contribution >= 4 is 0 Å². The largest absolute Gasteiger partial charge is 0.313 e. The molecule has 1 saturated carbocycles. The van der Waals surface area contributed by atoms with E-state index in [4.69, 9.17) is 0 Å². The van der Waals surface area contributed by atoms with E-state index < -0.39 is 0 Å². The van der Waals surface area contributed by atoms with E-state index in [0.29, 0.717) is 11.5 Å². The number of hydrogen-bond acceptors (Lipinski definition) is 2. The minimum Gasteiger partial charge on any atom is -0.313 e. The number of nitrogens with zero attached hydrogens (tertiary/aromatic N) is 2. The zero-order valence-corrected chi connectivity index (χ0v) is 12.9. The van der Waals surface area contributed by atoms with E-state index in [1.165, 1.54) is 31.4 Å². The fraction of sp³-hybridized carbons (Fsp3) is 0.812. The highest BCUT2D eigenvalue weighted by molar-refractivity contribution is 4.99. The average Bonchev–Trinajstić information content (AvgIpc) is 2.74. The molecular weight excluding hydrogens is 234 g/mol. The van der Waals surface area contributed by atoms with Crippen LogP contribution in [-0.4, -0.2) is 22.4 Å². The van der Waals surface area contributed by atoms with Gasteiger partial charge in [-0.2, -0.15) is 5.10 Å². The lowest BCUT2D eigenvalue weighted by Crippen LogP contribution is -2.44. The Morgan fingerprint density at radius 2 is 2.05 bits per heavy atom. The van der Waals surface area contributed by atoms with E-state index in [-0.39, 0.29) is 0 Å². The number of nitrogens with one attached hydrogen (secondary N) is 1. The molecule has 1 aliphatic carbocycles. The number of rotatable bonds is 4. The molecule has 2 atom stereocenters. The Labute approximate surface area is 117 Å². The van der Waals surface area contributed by atoms with Crippen LogP contribution in [0.2, 0.25) is 0 Å². The average molecular weight is 263 g/mol. The topological polar surface area (TPSA) is 29.9 Å². The van der Waals surface area contributed by atoms with Gasteiger partial charge in [0.25, 0.3) is 0 Å². The molecule has 1 heterocycles. The van der Waals surface area contributed by atoms with Crippen LogP contribution in [0.5, 0.6) is 0 Å². The van der Waals surface area contributed by atoms with Crippen LogP contribution in [0.25, 0.3) is 0 Å². The van der Waals surface area contributed by atoms with Crippen LogP contribution in [0.4, 0.5) is 0 Å². The number of aryl methyl sites for hydroxylation is 1. The minimum absolute atomic E-state index is 0.420. The predicted molar refractivity (Wildman–Crippen MR) is 80.1 cm³/mol. The van der Waals surface area contributed by atoms with Crippen LogP contribution >= 0.6 is 0 Å².